The predicted octanol–water partition coefficient (Wildman–Crippen LogP) is 11.4. The number of benzene rings is 2. The molecule has 42 heavy (non-hydrogen) atoms. The Labute approximate surface area is 257 Å². The molecule has 4 aliphatic rings. The zero-order valence-electron chi connectivity index (χ0n) is 27.3. The van der Waals surface area contributed by atoms with E-state index < -0.39 is 0 Å². The lowest BCUT2D eigenvalue weighted by atomic mass is 9.52. The number of hydrogen-bond donors (Lipinski definition) is 0. The zero-order valence-corrected chi connectivity index (χ0v) is 27.3. The highest BCUT2D eigenvalue weighted by atomic mass is 14.6. The summed E-state index contributed by atoms with van der Waals surface area (Å²) in [5, 5.41) is 0. The summed E-state index contributed by atoms with van der Waals surface area (Å²) in [6.07, 6.45) is 22.4. The van der Waals surface area contributed by atoms with Crippen LogP contribution in [0.1, 0.15) is 91.7 Å². The monoisotopic (exact) mass is 558 g/mol. The van der Waals surface area contributed by atoms with Crippen molar-refractivity contribution in [2.45, 2.75) is 86.0 Å². The summed E-state index contributed by atoms with van der Waals surface area (Å²) >= 11 is 0. The van der Waals surface area contributed by atoms with Crippen molar-refractivity contribution in [3.63, 3.8) is 0 Å². The van der Waals surface area contributed by atoms with E-state index in [9.17, 15) is 0 Å². The first kappa shape index (κ1) is 29.5. The molecule has 0 nitrogen and oxygen atoms in total. The van der Waals surface area contributed by atoms with Gasteiger partial charge in [-0.1, -0.05) is 165 Å². The lowest BCUT2D eigenvalue weighted by Gasteiger charge is -2.50. The van der Waals surface area contributed by atoms with E-state index in [0.29, 0.717) is 35.5 Å². The maximum atomic E-state index is 2.76. The Morgan fingerprint density at radius 3 is 1.52 bits per heavy atom. The third kappa shape index (κ3) is 5.02. The molecule has 0 bridgehead atoms. The molecule has 0 saturated heterocycles. The number of rotatable bonds is 6. The standard InChI is InChI=1S/C42H54/c1-8-15-29-20-21-34(26-29)42(30-16-11-9-12-17-30,31-18-13-10-14-19-31)39-37-27-32(40(2,3)4)22-24-35(37)36-25-23-33(28-38(36)39)41(5,6)7/h9-14,16-19,22-25,27-29,34-39H,8,15,20-21,26H2,1-7H3. The highest BCUT2D eigenvalue weighted by molar-refractivity contribution is 5.48. The van der Waals surface area contributed by atoms with Gasteiger partial charge in [-0.15, -0.1) is 0 Å². The predicted molar refractivity (Wildman–Crippen MR) is 180 cm³/mol. The van der Waals surface area contributed by atoms with Crippen LogP contribution in [-0.4, -0.2) is 0 Å². The van der Waals surface area contributed by atoms with Gasteiger partial charge in [-0.05, 0) is 87.4 Å². The Morgan fingerprint density at radius 1 is 0.619 bits per heavy atom. The second kappa shape index (κ2) is 11.2. The number of hydrogen-bond acceptors (Lipinski definition) is 0. The van der Waals surface area contributed by atoms with Crippen molar-refractivity contribution in [3.8, 4) is 0 Å². The Hall–Kier alpha value is -2.60. The molecule has 222 valence electrons. The van der Waals surface area contributed by atoms with Crippen LogP contribution in [0.2, 0.25) is 0 Å². The maximum absolute atomic E-state index is 2.76. The highest BCUT2D eigenvalue weighted by Crippen LogP contribution is 2.65. The van der Waals surface area contributed by atoms with Gasteiger partial charge in [0.15, 0.2) is 0 Å². The van der Waals surface area contributed by atoms with Gasteiger partial charge in [0.2, 0.25) is 0 Å². The molecule has 4 aliphatic carbocycles. The van der Waals surface area contributed by atoms with Gasteiger partial charge < -0.3 is 0 Å². The smallest absolute Gasteiger partial charge is 0.0270 e. The van der Waals surface area contributed by atoms with Crippen LogP contribution in [0.4, 0.5) is 0 Å². The fourth-order valence-corrected chi connectivity index (χ4v) is 9.64. The lowest BCUT2D eigenvalue weighted by molar-refractivity contribution is 0.153. The topological polar surface area (TPSA) is 0 Å². The lowest BCUT2D eigenvalue weighted by Crippen LogP contribution is -2.47. The average molecular weight is 559 g/mol. The Kier molecular flexibility index (Phi) is 7.83. The van der Waals surface area contributed by atoms with E-state index in [1.54, 1.807) is 11.1 Å². The van der Waals surface area contributed by atoms with E-state index in [1.165, 1.54) is 43.3 Å². The van der Waals surface area contributed by atoms with Crippen LogP contribution in [0.5, 0.6) is 0 Å². The molecule has 2 aromatic carbocycles. The van der Waals surface area contributed by atoms with Crippen molar-refractivity contribution >= 4 is 0 Å². The molecule has 0 N–H and O–H groups in total. The van der Waals surface area contributed by atoms with E-state index in [-0.39, 0.29) is 16.2 Å². The van der Waals surface area contributed by atoms with Crippen LogP contribution in [0.15, 0.2) is 108 Å². The first-order valence-corrected chi connectivity index (χ1v) is 17.0. The SMILES string of the molecule is CCCC1CCC(C(c2ccccc2)(c2ccccc2)C2C3C=C(C(C)(C)C)C=CC3C3C=CC(C(C)(C)C)=CC32)C1. The van der Waals surface area contributed by atoms with Gasteiger partial charge in [0.1, 0.15) is 0 Å². The van der Waals surface area contributed by atoms with E-state index in [4.69, 9.17) is 0 Å². The van der Waals surface area contributed by atoms with Crippen LogP contribution in [-0.2, 0) is 5.41 Å². The van der Waals surface area contributed by atoms with E-state index in [1.807, 2.05) is 0 Å². The molecule has 2 saturated carbocycles. The minimum Gasteiger partial charge on any atom is -0.0799 e. The van der Waals surface area contributed by atoms with Crippen molar-refractivity contribution in [1.29, 1.82) is 0 Å². The van der Waals surface area contributed by atoms with Crippen LogP contribution in [0.3, 0.4) is 0 Å². The zero-order chi connectivity index (χ0) is 29.7. The van der Waals surface area contributed by atoms with Gasteiger partial charge in [-0.2, -0.15) is 0 Å². The number of fused-ring (bicyclic) bond motifs is 3. The summed E-state index contributed by atoms with van der Waals surface area (Å²) in [6.45, 7) is 16.7. The molecule has 0 amide bonds. The first-order chi connectivity index (χ1) is 20.0. The Balaban J connectivity index is 1.64. The molecule has 6 atom stereocenters. The molecule has 0 aromatic heterocycles. The molecule has 0 aliphatic heterocycles. The molecular weight excluding hydrogens is 504 g/mol. The molecule has 6 rings (SSSR count). The van der Waals surface area contributed by atoms with Crippen LogP contribution in [0, 0.1) is 52.3 Å². The van der Waals surface area contributed by atoms with Crippen molar-refractivity contribution in [1.82, 2.24) is 0 Å². The maximum Gasteiger partial charge on any atom is 0.0270 e. The van der Waals surface area contributed by atoms with Crippen molar-refractivity contribution in [2.75, 3.05) is 0 Å². The summed E-state index contributed by atoms with van der Waals surface area (Å²) < 4.78 is 0. The molecule has 6 unspecified atom stereocenters. The number of allylic oxidation sites excluding steroid dienone is 8. The van der Waals surface area contributed by atoms with Crippen LogP contribution >= 0.6 is 0 Å². The fraction of sp³-hybridized carbons (Fsp3) is 0.524. The summed E-state index contributed by atoms with van der Waals surface area (Å²) in [5.41, 5.74) is 6.37. The fourth-order valence-electron chi connectivity index (χ4n) is 9.64. The molecule has 0 heteroatoms. The molecule has 2 aromatic rings. The van der Waals surface area contributed by atoms with Crippen LogP contribution in [0.25, 0.3) is 0 Å². The van der Waals surface area contributed by atoms with Gasteiger partial charge >= 0.3 is 0 Å². The Bertz CT molecular complexity index is 1260. The summed E-state index contributed by atoms with van der Waals surface area (Å²) in [7, 11) is 0. The van der Waals surface area contributed by atoms with Crippen molar-refractivity contribution < 1.29 is 0 Å². The van der Waals surface area contributed by atoms with Gasteiger partial charge in [0.25, 0.3) is 0 Å². The van der Waals surface area contributed by atoms with E-state index in [2.05, 4.69) is 146 Å². The molecule has 2 fully saturated rings. The minimum atomic E-state index is -0.0390. The van der Waals surface area contributed by atoms with E-state index in [0.717, 1.165) is 5.92 Å². The molecular formula is C42H54. The molecule has 0 spiro atoms. The van der Waals surface area contributed by atoms with Crippen LogP contribution < -0.4 is 0 Å². The van der Waals surface area contributed by atoms with Crippen molar-refractivity contribution in [3.05, 3.63) is 119 Å². The van der Waals surface area contributed by atoms with Gasteiger partial charge in [-0.25, -0.2) is 0 Å². The molecule has 0 heterocycles. The van der Waals surface area contributed by atoms with E-state index >= 15 is 0 Å². The average Bonchev–Trinajstić information content (AvgIpc) is 3.57. The minimum absolute atomic E-state index is 0.0390. The normalized spacial score (nSPS) is 31.0. The Morgan fingerprint density at radius 2 is 1.10 bits per heavy atom. The first-order valence-electron chi connectivity index (χ1n) is 17.0. The van der Waals surface area contributed by atoms with Gasteiger partial charge in [0, 0.05) is 5.41 Å². The second-order valence-corrected chi connectivity index (χ2v) is 16.1. The van der Waals surface area contributed by atoms with Gasteiger partial charge in [0.05, 0.1) is 0 Å². The van der Waals surface area contributed by atoms with Gasteiger partial charge in [-0.3, -0.25) is 0 Å². The second-order valence-electron chi connectivity index (χ2n) is 16.1. The highest BCUT2D eigenvalue weighted by Gasteiger charge is 2.61. The largest absolute Gasteiger partial charge is 0.0799 e. The third-order valence-corrected chi connectivity index (χ3v) is 11.5. The summed E-state index contributed by atoms with van der Waals surface area (Å²) in [5.74, 6) is 4.07. The summed E-state index contributed by atoms with van der Waals surface area (Å²) in [6, 6.07) is 23.6. The third-order valence-electron chi connectivity index (χ3n) is 11.5. The summed E-state index contributed by atoms with van der Waals surface area (Å²) in [4.78, 5) is 0. The van der Waals surface area contributed by atoms with Crippen molar-refractivity contribution in [2.24, 2.45) is 52.3 Å². The quantitative estimate of drug-likeness (QED) is 0.331. The molecule has 0 radical (unpaired) electrons.